The molecule has 1 aliphatic heterocycles. The molecular formula is C32H30N2O2S. The molecule has 1 atom stereocenters. The Bertz CT molecular complexity index is 1720. The fourth-order valence-electron chi connectivity index (χ4n) is 5.42. The first-order chi connectivity index (χ1) is 17.8. The highest BCUT2D eigenvalue weighted by Crippen LogP contribution is 2.43. The summed E-state index contributed by atoms with van der Waals surface area (Å²) in [7, 11) is 1.69. The van der Waals surface area contributed by atoms with Crippen molar-refractivity contribution in [3.8, 4) is 5.75 Å². The largest absolute Gasteiger partial charge is 0.496 e. The first-order valence-corrected chi connectivity index (χ1v) is 13.5. The van der Waals surface area contributed by atoms with Gasteiger partial charge in [-0.05, 0) is 52.7 Å². The SMILES string of the molecule is COc1ccccc1[C@@H]1C2=C(N=c3s/c(=C\c4ccc(C(C)(C)C)cc4)c(=O)n31)c1ccccc1CC2. The number of aryl methyl sites for hydroxylation is 1. The summed E-state index contributed by atoms with van der Waals surface area (Å²) in [6.45, 7) is 6.62. The number of thiazole rings is 1. The van der Waals surface area contributed by atoms with Gasteiger partial charge in [0.15, 0.2) is 4.80 Å². The molecule has 5 heteroatoms. The van der Waals surface area contributed by atoms with Crippen LogP contribution in [0.3, 0.4) is 0 Å². The summed E-state index contributed by atoms with van der Waals surface area (Å²) in [5.74, 6) is 0.785. The summed E-state index contributed by atoms with van der Waals surface area (Å²) in [5, 5.41) is 0. The average Bonchev–Trinajstić information content (AvgIpc) is 3.21. The Hall–Kier alpha value is -3.70. The number of ether oxygens (including phenoxy) is 1. The van der Waals surface area contributed by atoms with E-state index in [2.05, 4.69) is 75.4 Å². The Morgan fingerprint density at radius 2 is 1.70 bits per heavy atom. The lowest BCUT2D eigenvalue weighted by atomic mass is 9.83. The molecule has 37 heavy (non-hydrogen) atoms. The molecule has 4 nitrogen and oxygen atoms in total. The van der Waals surface area contributed by atoms with Crippen molar-refractivity contribution in [1.29, 1.82) is 0 Å². The van der Waals surface area contributed by atoms with Crippen LogP contribution in [0, 0.1) is 0 Å². The van der Waals surface area contributed by atoms with E-state index in [1.807, 2.05) is 28.8 Å². The molecule has 0 bridgehead atoms. The molecular weight excluding hydrogens is 476 g/mol. The minimum absolute atomic E-state index is 0.00929. The van der Waals surface area contributed by atoms with Gasteiger partial charge in [0.1, 0.15) is 5.75 Å². The van der Waals surface area contributed by atoms with E-state index in [9.17, 15) is 4.79 Å². The number of para-hydroxylation sites is 1. The van der Waals surface area contributed by atoms with E-state index >= 15 is 0 Å². The molecule has 0 saturated carbocycles. The van der Waals surface area contributed by atoms with Crippen LogP contribution in [0.2, 0.25) is 0 Å². The number of nitrogens with zero attached hydrogens (tertiary/aromatic N) is 2. The quantitative estimate of drug-likeness (QED) is 0.362. The predicted molar refractivity (Wildman–Crippen MR) is 151 cm³/mol. The van der Waals surface area contributed by atoms with Gasteiger partial charge in [-0.15, -0.1) is 0 Å². The molecule has 6 rings (SSSR count). The van der Waals surface area contributed by atoms with E-state index < -0.39 is 0 Å². The Morgan fingerprint density at radius 1 is 0.973 bits per heavy atom. The van der Waals surface area contributed by atoms with Gasteiger partial charge in [-0.1, -0.05) is 98.8 Å². The van der Waals surface area contributed by atoms with Gasteiger partial charge in [0, 0.05) is 11.1 Å². The predicted octanol–water partition coefficient (Wildman–Crippen LogP) is 5.62. The van der Waals surface area contributed by atoms with Crippen molar-refractivity contribution in [3.63, 3.8) is 0 Å². The Morgan fingerprint density at radius 3 is 2.46 bits per heavy atom. The maximum atomic E-state index is 14.0. The molecule has 1 aromatic heterocycles. The zero-order valence-electron chi connectivity index (χ0n) is 21.6. The third kappa shape index (κ3) is 4.08. The van der Waals surface area contributed by atoms with Crippen molar-refractivity contribution in [2.45, 2.75) is 45.1 Å². The topological polar surface area (TPSA) is 43.6 Å². The minimum atomic E-state index is -0.249. The van der Waals surface area contributed by atoms with Gasteiger partial charge in [0.25, 0.3) is 5.56 Å². The van der Waals surface area contributed by atoms with E-state index in [1.165, 1.54) is 33.6 Å². The third-order valence-corrected chi connectivity index (χ3v) is 8.36. The number of allylic oxidation sites excluding steroid dienone is 1. The summed E-state index contributed by atoms with van der Waals surface area (Å²) >= 11 is 1.46. The summed E-state index contributed by atoms with van der Waals surface area (Å²) in [6, 6.07) is 24.8. The highest BCUT2D eigenvalue weighted by Gasteiger charge is 2.33. The monoisotopic (exact) mass is 506 g/mol. The molecule has 186 valence electrons. The van der Waals surface area contributed by atoms with Crippen molar-refractivity contribution in [3.05, 3.63) is 126 Å². The number of benzene rings is 3. The lowest BCUT2D eigenvalue weighted by Gasteiger charge is -2.31. The molecule has 0 spiro atoms. The Balaban J connectivity index is 1.58. The first-order valence-electron chi connectivity index (χ1n) is 12.7. The lowest BCUT2D eigenvalue weighted by molar-refractivity contribution is 0.402. The van der Waals surface area contributed by atoms with Gasteiger partial charge in [0.05, 0.1) is 23.4 Å². The second-order valence-electron chi connectivity index (χ2n) is 10.7. The van der Waals surface area contributed by atoms with Crippen LogP contribution in [0.25, 0.3) is 11.8 Å². The fraction of sp³-hybridized carbons (Fsp3) is 0.250. The number of hydrogen-bond acceptors (Lipinski definition) is 4. The second-order valence-corrected chi connectivity index (χ2v) is 11.7. The van der Waals surface area contributed by atoms with E-state index in [0.29, 0.717) is 4.53 Å². The van der Waals surface area contributed by atoms with Gasteiger partial charge in [0.2, 0.25) is 0 Å². The molecule has 0 N–H and O–H groups in total. The van der Waals surface area contributed by atoms with E-state index in [1.54, 1.807) is 7.11 Å². The van der Waals surface area contributed by atoms with Gasteiger partial charge in [-0.3, -0.25) is 9.36 Å². The van der Waals surface area contributed by atoms with Crippen molar-refractivity contribution in [2.75, 3.05) is 7.11 Å². The number of aromatic nitrogens is 1. The van der Waals surface area contributed by atoms with E-state index in [0.717, 1.165) is 40.2 Å². The number of rotatable bonds is 3. The third-order valence-electron chi connectivity index (χ3n) is 7.38. The van der Waals surface area contributed by atoms with Crippen LogP contribution in [0.1, 0.15) is 61.1 Å². The summed E-state index contributed by atoms with van der Waals surface area (Å²) in [4.78, 5) is 19.8. The summed E-state index contributed by atoms with van der Waals surface area (Å²) in [6.07, 6.45) is 3.78. The van der Waals surface area contributed by atoms with Crippen LogP contribution in [-0.2, 0) is 11.8 Å². The smallest absolute Gasteiger partial charge is 0.271 e. The van der Waals surface area contributed by atoms with Gasteiger partial charge in [-0.25, -0.2) is 4.99 Å². The molecule has 0 radical (unpaired) electrons. The minimum Gasteiger partial charge on any atom is -0.496 e. The lowest BCUT2D eigenvalue weighted by Crippen LogP contribution is -2.39. The highest BCUT2D eigenvalue weighted by atomic mass is 32.1. The molecule has 2 aliphatic rings. The molecule has 0 fully saturated rings. The standard InChI is InChI=1S/C32H30N2O2S/c1-32(2,3)22-16-13-20(14-17-22)19-27-30(35)34-29(24-11-7-8-12-26(24)36-4)25-18-15-21-9-5-6-10-23(21)28(25)33-31(34)37-27/h5-14,16-17,19,29H,15,18H2,1-4H3/b27-19-/t29-/m1/s1. The van der Waals surface area contributed by atoms with Crippen LogP contribution in [0.5, 0.6) is 5.75 Å². The maximum absolute atomic E-state index is 14.0. The summed E-state index contributed by atoms with van der Waals surface area (Å²) in [5.41, 5.74) is 8.01. The van der Waals surface area contributed by atoms with Crippen LogP contribution in [-0.4, -0.2) is 11.7 Å². The first kappa shape index (κ1) is 23.7. The molecule has 3 aromatic carbocycles. The Labute approximate surface area is 220 Å². The van der Waals surface area contributed by atoms with Gasteiger partial charge < -0.3 is 4.74 Å². The van der Waals surface area contributed by atoms with Crippen molar-refractivity contribution < 1.29 is 4.74 Å². The van der Waals surface area contributed by atoms with E-state index in [4.69, 9.17) is 9.73 Å². The normalized spacial score (nSPS) is 17.1. The van der Waals surface area contributed by atoms with E-state index in [-0.39, 0.29) is 17.0 Å². The molecule has 2 heterocycles. The fourth-order valence-corrected chi connectivity index (χ4v) is 6.42. The number of hydrogen-bond donors (Lipinski definition) is 0. The Kier molecular flexibility index (Phi) is 5.76. The zero-order valence-corrected chi connectivity index (χ0v) is 22.4. The molecule has 1 aliphatic carbocycles. The highest BCUT2D eigenvalue weighted by molar-refractivity contribution is 7.07. The van der Waals surface area contributed by atoms with Crippen LogP contribution in [0.4, 0.5) is 0 Å². The van der Waals surface area contributed by atoms with Crippen molar-refractivity contribution in [1.82, 2.24) is 4.57 Å². The van der Waals surface area contributed by atoms with Crippen molar-refractivity contribution in [2.24, 2.45) is 4.99 Å². The van der Waals surface area contributed by atoms with Crippen LogP contribution in [0.15, 0.2) is 88.2 Å². The summed E-state index contributed by atoms with van der Waals surface area (Å²) < 4.78 is 8.34. The molecule has 4 aromatic rings. The van der Waals surface area contributed by atoms with Crippen molar-refractivity contribution >= 4 is 23.1 Å². The van der Waals surface area contributed by atoms with Crippen LogP contribution < -0.4 is 19.6 Å². The van der Waals surface area contributed by atoms with Gasteiger partial charge >= 0.3 is 0 Å². The number of methoxy groups -OCH3 is 1. The molecule has 0 amide bonds. The average molecular weight is 507 g/mol. The molecule has 0 unspecified atom stereocenters. The number of fused-ring (bicyclic) bond motifs is 3. The molecule has 0 saturated heterocycles. The maximum Gasteiger partial charge on any atom is 0.271 e. The zero-order chi connectivity index (χ0) is 25.7. The second kappa shape index (κ2) is 9.00. The van der Waals surface area contributed by atoms with Gasteiger partial charge in [-0.2, -0.15) is 0 Å². The van der Waals surface area contributed by atoms with Crippen LogP contribution >= 0.6 is 11.3 Å².